The summed E-state index contributed by atoms with van der Waals surface area (Å²) >= 11 is 1.59. The molecule has 0 aliphatic carbocycles. The van der Waals surface area contributed by atoms with Crippen LogP contribution in [0.15, 0.2) is 60.7 Å². The van der Waals surface area contributed by atoms with Gasteiger partial charge in [-0.15, -0.1) is 0 Å². The summed E-state index contributed by atoms with van der Waals surface area (Å²) in [5.41, 5.74) is 0.766. The van der Waals surface area contributed by atoms with E-state index in [0.717, 1.165) is 5.56 Å². The van der Waals surface area contributed by atoms with Crippen molar-refractivity contribution < 1.29 is 9.53 Å². The van der Waals surface area contributed by atoms with Crippen LogP contribution in [0.4, 0.5) is 0 Å². The van der Waals surface area contributed by atoms with Gasteiger partial charge in [-0.2, -0.15) is 17.0 Å². The van der Waals surface area contributed by atoms with Gasteiger partial charge in [0.05, 0.1) is 19.3 Å². The minimum atomic E-state index is -0.866. The Labute approximate surface area is 165 Å². The summed E-state index contributed by atoms with van der Waals surface area (Å²) in [4.78, 5) is 15.1. The summed E-state index contributed by atoms with van der Waals surface area (Å²) in [6.07, 6.45) is 2.30. The van der Waals surface area contributed by atoms with Crippen molar-refractivity contribution >= 4 is 17.5 Å². The summed E-state index contributed by atoms with van der Waals surface area (Å²) in [6, 6.07) is 21.8. The number of carbonyl (C=O) groups excluding carboxylic acids is 1. The lowest BCUT2D eigenvalue weighted by molar-refractivity contribution is -0.00606. The molecule has 0 aromatic heterocycles. The van der Waals surface area contributed by atoms with Crippen molar-refractivity contribution in [1.29, 1.82) is 5.26 Å². The number of Topliss-reactive ketones (excluding diaryl/α,β-unsaturated/α-hetero) is 1. The van der Waals surface area contributed by atoms with E-state index >= 15 is 0 Å². The van der Waals surface area contributed by atoms with Crippen LogP contribution in [0.1, 0.15) is 22.3 Å². The summed E-state index contributed by atoms with van der Waals surface area (Å²) in [5.74, 6) is 0.0683. The number of morpholine rings is 1. The molecule has 27 heavy (non-hydrogen) atoms. The van der Waals surface area contributed by atoms with Crippen LogP contribution in [0.5, 0.6) is 0 Å². The normalized spacial score (nSPS) is 18.2. The van der Waals surface area contributed by atoms with Crippen LogP contribution in [0.25, 0.3) is 0 Å². The molecule has 2 aromatic rings. The number of thioether (sulfide) groups is 1. The van der Waals surface area contributed by atoms with Crippen LogP contribution in [0.3, 0.4) is 0 Å². The first-order valence-corrected chi connectivity index (χ1v) is 10.4. The number of carbonyl (C=O) groups is 1. The Kier molecular flexibility index (Phi) is 6.68. The maximum absolute atomic E-state index is 12.9. The maximum atomic E-state index is 12.9. The molecule has 0 amide bonds. The highest BCUT2D eigenvalue weighted by Gasteiger charge is 2.47. The Hall–Kier alpha value is -2.13. The number of hydrogen-bond acceptors (Lipinski definition) is 5. The molecule has 0 bridgehead atoms. The van der Waals surface area contributed by atoms with Gasteiger partial charge in [0, 0.05) is 30.3 Å². The van der Waals surface area contributed by atoms with E-state index in [1.165, 1.54) is 0 Å². The first-order valence-electron chi connectivity index (χ1n) is 9.13. The number of nitriles is 1. The first kappa shape index (κ1) is 19.6. The van der Waals surface area contributed by atoms with Crippen LogP contribution < -0.4 is 0 Å². The van der Waals surface area contributed by atoms with Gasteiger partial charge >= 0.3 is 0 Å². The predicted octanol–water partition coefficient (Wildman–Crippen LogP) is 3.74. The Balaban J connectivity index is 1.99. The van der Waals surface area contributed by atoms with E-state index in [4.69, 9.17) is 4.74 Å². The van der Waals surface area contributed by atoms with E-state index in [0.29, 0.717) is 38.3 Å². The van der Waals surface area contributed by atoms with E-state index in [1.54, 1.807) is 11.8 Å². The Morgan fingerprint density at radius 1 is 1.15 bits per heavy atom. The van der Waals surface area contributed by atoms with Gasteiger partial charge in [-0.05, 0) is 11.8 Å². The number of nitrogens with zero attached hydrogens (tertiary/aromatic N) is 2. The molecule has 0 N–H and O–H groups in total. The second-order valence-electron chi connectivity index (χ2n) is 6.56. The SMILES string of the molecule is CSC(CC(=O)c1ccccc1)C(C#N)(c1ccccc1)N1CCOCC1. The van der Waals surface area contributed by atoms with Gasteiger partial charge in [0.25, 0.3) is 0 Å². The molecule has 0 spiro atoms. The number of hydrogen-bond donors (Lipinski definition) is 0. The van der Waals surface area contributed by atoms with E-state index in [2.05, 4.69) is 11.0 Å². The Morgan fingerprint density at radius 3 is 2.30 bits per heavy atom. The highest BCUT2D eigenvalue weighted by Crippen LogP contribution is 2.40. The van der Waals surface area contributed by atoms with Crippen molar-refractivity contribution in [3.05, 3.63) is 71.8 Å². The molecule has 140 valence electrons. The van der Waals surface area contributed by atoms with Gasteiger partial charge in [-0.1, -0.05) is 60.7 Å². The van der Waals surface area contributed by atoms with Gasteiger partial charge in [-0.25, -0.2) is 0 Å². The average Bonchev–Trinajstić information content (AvgIpc) is 2.76. The van der Waals surface area contributed by atoms with Crippen molar-refractivity contribution in [1.82, 2.24) is 4.90 Å². The number of ketones is 1. The number of ether oxygens (including phenoxy) is 1. The molecule has 0 radical (unpaired) electrons. The van der Waals surface area contributed by atoms with Crippen molar-refractivity contribution in [2.24, 2.45) is 0 Å². The standard InChI is InChI=1S/C22H24N2O2S/c1-27-21(16-20(25)18-8-4-2-5-9-18)22(17-23,19-10-6-3-7-11-19)24-12-14-26-15-13-24/h2-11,21H,12-16H2,1H3. The fraction of sp³-hybridized carbons (Fsp3) is 0.364. The second kappa shape index (κ2) is 9.18. The van der Waals surface area contributed by atoms with E-state index in [-0.39, 0.29) is 11.0 Å². The summed E-state index contributed by atoms with van der Waals surface area (Å²) in [7, 11) is 0. The van der Waals surface area contributed by atoms with E-state index in [9.17, 15) is 10.1 Å². The molecule has 1 aliphatic heterocycles. The van der Waals surface area contributed by atoms with Crippen molar-refractivity contribution in [3.8, 4) is 6.07 Å². The average molecular weight is 381 g/mol. The zero-order valence-electron chi connectivity index (χ0n) is 15.5. The molecule has 3 rings (SSSR count). The predicted molar refractivity (Wildman–Crippen MR) is 109 cm³/mol. The minimum absolute atomic E-state index is 0.0683. The van der Waals surface area contributed by atoms with Crippen molar-refractivity contribution in [2.45, 2.75) is 17.2 Å². The van der Waals surface area contributed by atoms with Gasteiger partial charge in [-0.3, -0.25) is 9.69 Å². The third-order valence-corrected chi connectivity index (χ3v) is 6.19. The molecule has 1 aliphatic rings. The quantitative estimate of drug-likeness (QED) is 0.685. The minimum Gasteiger partial charge on any atom is -0.379 e. The molecule has 5 heteroatoms. The highest BCUT2D eigenvalue weighted by atomic mass is 32.2. The Bertz CT molecular complexity index is 785. The molecule has 1 fully saturated rings. The molecule has 1 heterocycles. The zero-order valence-corrected chi connectivity index (χ0v) is 16.3. The van der Waals surface area contributed by atoms with Gasteiger partial charge in [0.2, 0.25) is 0 Å². The largest absolute Gasteiger partial charge is 0.379 e. The van der Waals surface area contributed by atoms with Crippen LogP contribution in [0.2, 0.25) is 0 Å². The summed E-state index contributed by atoms with van der Waals surface area (Å²) < 4.78 is 5.51. The van der Waals surface area contributed by atoms with Gasteiger partial charge < -0.3 is 4.74 Å². The fourth-order valence-electron chi connectivity index (χ4n) is 3.70. The zero-order chi connectivity index (χ0) is 19.1. The molecule has 2 aromatic carbocycles. The third kappa shape index (κ3) is 4.08. The highest BCUT2D eigenvalue weighted by molar-refractivity contribution is 7.99. The monoisotopic (exact) mass is 380 g/mol. The number of rotatable bonds is 7. The molecular formula is C22H24N2O2S. The third-order valence-electron chi connectivity index (χ3n) is 5.11. The summed E-state index contributed by atoms with van der Waals surface area (Å²) in [6.45, 7) is 2.56. The lowest BCUT2D eigenvalue weighted by Crippen LogP contribution is -2.56. The van der Waals surface area contributed by atoms with Crippen molar-refractivity contribution in [3.63, 3.8) is 0 Å². The van der Waals surface area contributed by atoms with Gasteiger partial charge in [0.15, 0.2) is 5.78 Å². The molecule has 2 unspecified atom stereocenters. The summed E-state index contributed by atoms with van der Waals surface area (Å²) in [5, 5.41) is 10.2. The van der Waals surface area contributed by atoms with Crippen LogP contribution in [0, 0.1) is 11.3 Å². The molecular weight excluding hydrogens is 356 g/mol. The smallest absolute Gasteiger partial charge is 0.164 e. The topological polar surface area (TPSA) is 53.3 Å². The van der Waals surface area contributed by atoms with E-state index in [1.807, 2.05) is 66.9 Å². The first-order chi connectivity index (χ1) is 13.2. The van der Waals surface area contributed by atoms with Gasteiger partial charge in [0.1, 0.15) is 5.54 Å². The van der Waals surface area contributed by atoms with E-state index < -0.39 is 5.54 Å². The lowest BCUT2D eigenvalue weighted by Gasteiger charge is -2.45. The fourth-order valence-corrected chi connectivity index (χ4v) is 4.70. The van der Waals surface area contributed by atoms with Crippen LogP contribution >= 0.6 is 11.8 Å². The Morgan fingerprint density at radius 2 is 1.74 bits per heavy atom. The second-order valence-corrected chi connectivity index (χ2v) is 7.60. The lowest BCUT2D eigenvalue weighted by atomic mass is 9.82. The van der Waals surface area contributed by atoms with Crippen molar-refractivity contribution in [2.75, 3.05) is 32.6 Å². The maximum Gasteiger partial charge on any atom is 0.164 e. The molecule has 0 saturated carbocycles. The molecule has 1 saturated heterocycles. The van der Waals surface area contributed by atoms with Crippen LogP contribution in [-0.4, -0.2) is 48.5 Å². The van der Waals surface area contributed by atoms with Crippen LogP contribution in [-0.2, 0) is 10.3 Å². The molecule has 4 nitrogen and oxygen atoms in total. The molecule has 2 atom stereocenters. The number of benzene rings is 2.